The van der Waals surface area contributed by atoms with E-state index in [1.165, 1.54) is 7.11 Å². The summed E-state index contributed by atoms with van der Waals surface area (Å²) < 4.78 is 9.92. The fourth-order valence-electron chi connectivity index (χ4n) is 3.19. The molecule has 5 heteroatoms. The van der Waals surface area contributed by atoms with Gasteiger partial charge in [-0.1, -0.05) is 12.1 Å². The highest BCUT2D eigenvalue weighted by Crippen LogP contribution is 2.36. The number of ether oxygens (including phenoxy) is 2. The second-order valence-corrected chi connectivity index (χ2v) is 6.93. The van der Waals surface area contributed by atoms with Gasteiger partial charge in [0.05, 0.1) is 19.8 Å². The summed E-state index contributed by atoms with van der Waals surface area (Å²) >= 11 is 0. The molecule has 1 fully saturated rings. The monoisotopic (exact) mass is 367 g/mol. The first kappa shape index (κ1) is 19.0. The number of hydrogen-bond acceptors (Lipinski definition) is 4. The number of carbonyl (C=O) groups is 2. The van der Waals surface area contributed by atoms with E-state index >= 15 is 0 Å². The smallest absolute Gasteiger partial charge is 0.337 e. The van der Waals surface area contributed by atoms with E-state index in [9.17, 15) is 9.59 Å². The highest BCUT2D eigenvalue weighted by Gasteiger charge is 2.34. The van der Waals surface area contributed by atoms with Crippen molar-refractivity contribution in [1.29, 1.82) is 0 Å². The van der Waals surface area contributed by atoms with E-state index < -0.39 is 5.97 Å². The van der Waals surface area contributed by atoms with Crippen molar-refractivity contribution in [2.45, 2.75) is 32.4 Å². The van der Waals surface area contributed by atoms with Gasteiger partial charge >= 0.3 is 5.97 Å². The SMILES string of the molecule is COC(=O)c1ccc(C(=O)N(Cc2ccc(OC)cc2)C(C)C2CC2)cc1. The van der Waals surface area contributed by atoms with Gasteiger partial charge in [-0.2, -0.15) is 0 Å². The van der Waals surface area contributed by atoms with E-state index in [0.717, 1.165) is 24.2 Å². The molecule has 2 aromatic carbocycles. The van der Waals surface area contributed by atoms with Gasteiger partial charge in [0.1, 0.15) is 5.75 Å². The first-order chi connectivity index (χ1) is 13.0. The fourth-order valence-corrected chi connectivity index (χ4v) is 3.19. The molecule has 0 aliphatic heterocycles. The summed E-state index contributed by atoms with van der Waals surface area (Å²) in [5.41, 5.74) is 2.07. The molecule has 1 unspecified atom stereocenters. The average molecular weight is 367 g/mol. The molecular formula is C22H25NO4. The van der Waals surface area contributed by atoms with Crippen LogP contribution in [-0.2, 0) is 11.3 Å². The molecule has 0 saturated heterocycles. The van der Waals surface area contributed by atoms with Crippen molar-refractivity contribution in [2.75, 3.05) is 14.2 Å². The first-order valence-corrected chi connectivity index (χ1v) is 9.15. The molecule has 1 aliphatic carbocycles. The molecule has 1 saturated carbocycles. The quantitative estimate of drug-likeness (QED) is 0.696. The lowest BCUT2D eigenvalue weighted by atomic mass is 10.1. The number of amides is 1. The second kappa shape index (κ2) is 8.25. The molecule has 0 bridgehead atoms. The maximum atomic E-state index is 13.2. The number of rotatable bonds is 7. The van der Waals surface area contributed by atoms with Crippen molar-refractivity contribution >= 4 is 11.9 Å². The van der Waals surface area contributed by atoms with Crippen molar-refractivity contribution < 1.29 is 19.1 Å². The largest absolute Gasteiger partial charge is 0.497 e. The van der Waals surface area contributed by atoms with Crippen molar-refractivity contribution in [3.8, 4) is 5.75 Å². The van der Waals surface area contributed by atoms with Gasteiger partial charge in [-0.05, 0) is 67.6 Å². The summed E-state index contributed by atoms with van der Waals surface area (Å²) in [4.78, 5) is 26.7. The van der Waals surface area contributed by atoms with Gasteiger partial charge in [0, 0.05) is 18.2 Å². The third kappa shape index (κ3) is 4.48. The minimum atomic E-state index is -0.407. The van der Waals surface area contributed by atoms with Crippen LogP contribution in [0.4, 0.5) is 0 Å². The molecule has 5 nitrogen and oxygen atoms in total. The summed E-state index contributed by atoms with van der Waals surface area (Å²) in [5.74, 6) is 0.920. The molecule has 0 aromatic heterocycles. The Hall–Kier alpha value is -2.82. The Morgan fingerprint density at radius 1 is 1.00 bits per heavy atom. The highest BCUT2D eigenvalue weighted by molar-refractivity contribution is 5.96. The Balaban J connectivity index is 1.81. The van der Waals surface area contributed by atoms with Crippen molar-refractivity contribution in [3.05, 3.63) is 65.2 Å². The molecule has 0 spiro atoms. The molecular weight excluding hydrogens is 342 g/mol. The fraction of sp³-hybridized carbons (Fsp3) is 0.364. The van der Waals surface area contributed by atoms with Crippen LogP contribution in [0.1, 0.15) is 46.0 Å². The Bertz CT molecular complexity index is 794. The lowest BCUT2D eigenvalue weighted by Crippen LogP contribution is -2.39. The Kier molecular flexibility index (Phi) is 5.79. The van der Waals surface area contributed by atoms with E-state index in [1.54, 1.807) is 31.4 Å². The summed E-state index contributed by atoms with van der Waals surface area (Å²) in [7, 11) is 2.98. The van der Waals surface area contributed by atoms with Crippen LogP contribution in [0.5, 0.6) is 5.75 Å². The number of hydrogen-bond donors (Lipinski definition) is 0. The van der Waals surface area contributed by atoms with Crippen LogP contribution in [-0.4, -0.2) is 37.0 Å². The van der Waals surface area contributed by atoms with Gasteiger partial charge in [0.15, 0.2) is 0 Å². The van der Waals surface area contributed by atoms with Crippen LogP contribution in [0.3, 0.4) is 0 Å². The van der Waals surface area contributed by atoms with E-state index in [4.69, 9.17) is 9.47 Å². The van der Waals surface area contributed by atoms with Gasteiger partial charge < -0.3 is 14.4 Å². The number of esters is 1. The van der Waals surface area contributed by atoms with Crippen LogP contribution in [0.2, 0.25) is 0 Å². The van der Waals surface area contributed by atoms with Crippen molar-refractivity contribution in [1.82, 2.24) is 4.90 Å². The summed E-state index contributed by atoms with van der Waals surface area (Å²) in [6.07, 6.45) is 2.32. The van der Waals surface area contributed by atoms with E-state index in [0.29, 0.717) is 23.6 Å². The topological polar surface area (TPSA) is 55.8 Å². The third-order valence-electron chi connectivity index (χ3n) is 5.12. The van der Waals surface area contributed by atoms with Crippen LogP contribution < -0.4 is 4.74 Å². The minimum absolute atomic E-state index is 0.0263. The lowest BCUT2D eigenvalue weighted by Gasteiger charge is -2.30. The van der Waals surface area contributed by atoms with Crippen LogP contribution in [0, 0.1) is 5.92 Å². The second-order valence-electron chi connectivity index (χ2n) is 6.93. The molecule has 1 aliphatic rings. The summed E-state index contributed by atoms with van der Waals surface area (Å²) in [5, 5.41) is 0. The maximum absolute atomic E-state index is 13.2. The molecule has 0 radical (unpaired) electrons. The number of benzene rings is 2. The molecule has 1 atom stereocenters. The Labute approximate surface area is 159 Å². The average Bonchev–Trinajstić information content (AvgIpc) is 3.56. The van der Waals surface area contributed by atoms with E-state index in [-0.39, 0.29) is 11.9 Å². The summed E-state index contributed by atoms with van der Waals surface area (Å²) in [6, 6.07) is 14.6. The van der Waals surface area contributed by atoms with Gasteiger partial charge in [-0.15, -0.1) is 0 Å². The zero-order valence-electron chi connectivity index (χ0n) is 16.0. The molecule has 1 amide bonds. The lowest BCUT2D eigenvalue weighted by molar-refractivity contribution is 0.0598. The number of nitrogens with zero attached hydrogens (tertiary/aromatic N) is 1. The molecule has 142 valence electrons. The zero-order valence-corrected chi connectivity index (χ0v) is 16.0. The van der Waals surface area contributed by atoms with Crippen LogP contribution >= 0.6 is 0 Å². The molecule has 3 rings (SSSR count). The highest BCUT2D eigenvalue weighted by atomic mass is 16.5. The van der Waals surface area contributed by atoms with E-state index in [2.05, 4.69) is 6.92 Å². The Morgan fingerprint density at radius 3 is 2.11 bits per heavy atom. The third-order valence-corrected chi connectivity index (χ3v) is 5.12. The number of carbonyl (C=O) groups excluding carboxylic acids is 2. The van der Waals surface area contributed by atoms with Gasteiger partial charge in [-0.3, -0.25) is 4.79 Å². The maximum Gasteiger partial charge on any atom is 0.337 e. The first-order valence-electron chi connectivity index (χ1n) is 9.15. The van der Waals surface area contributed by atoms with Crippen molar-refractivity contribution in [2.24, 2.45) is 5.92 Å². The van der Waals surface area contributed by atoms with Gasteiger partial charge in [0.2, 0.25) is 0 Å². The predicted octanol–water partition coefficient (Wildman–Crippen LogP) is 3.92. The van der Waals surface area contributed by atoms with Crippen LogP contribution in [0.25, 0.3) is 0 Å². The molecule has 0 heterocycles. The molecule has 27 heavy (non-hydrogen) atoms. The molecule has 2 aromatic rings. The predicted molar refractivity (Wildman–Crippen MR) is 103 cm³/mol. The van der Waals surface area contributed by atoms with Gasteiger partial charge in [-0.25, -0.2) is 4.79 Å². The standard InChI is InChI=1S/C22H25NO4/c1-15(17-6-7-17)23(14-16-4-12-20(26-2)13-5-16)21(24)18-8-10-19(11-9-18)22(25)27-3/h4-5,8-13,15,17H,6-7,14H2,1-3H3. The minimum Gasteiger partial charge on any atom is -0.497 e. The zero-order chi connectivity index (χ0) is 19.4. The Morgan fingerprint density at radius 2 is 1.59 bits per heavy atom. The van der Waals surface area contributed by atoms with E-state index in [1.807, 2.05) is 29.2 Å². The van der Waals surface area contributed by atoms with Gasteiger partial charge in [0.25, 0.3) is 5.91 Å². The van der Waals surface area contributed by atoms with Crippen LogP contribution in [0.15, 0.2) is 48.5 Å². The normalized spacial score (nSPS) is 14.3. The number of methoxy groups -OCH3 is 2. The molecule has 0 N–H and O–H groups in total. The van der Waals surface area contributed by atoms with Crippen molar-refractivity contribution in [3.63, 3.8) is 0 Å². The summed E-state index contributed by atoms with van der Waals surface area (Å²) in [6.45, 7) is 2.65.